The van der Waals surface area contributed by atoms with E-state index in [9.17, 15) is 14.3 Å². The first-order valence-electron chi connectivity index (χ1n) is 4.08. The highest BCUT2D eigenvalue weighted by Crippen LogP contribution is 2.16. The normalized spacial score (nSPS) is 10.7. The van der Waals surface area contributed by atoms with Crippen LogP contribution in [0.4, 0.5) is 4.39 Å². The molecule has 0 bridgehead atoms. The predicted molar refractivity (Wildman–Crippen MR) is 50.8 cm³/mol. The van der Waals surface area contributed by atoms with E-state index in [1.54, 1.807) is 7.05 Å². The summed E-state index contributed by atoms with van der Waals surface area (Å²) in [7, 11) is 1.57. The molecule has 1 N–H and O–H groups in total. The molecule has 0 unspecified atom stereocenters. The monoisotopic (exact) mass is 193 g/mol. The molecule has 14 heavy (non-hydrogen) atoms. The van der Waals surface area contributed by atoms with Gasteiger partial charge in [-0.15, -0.1) is 0 Å². The lowest BCUT2D eigenvalue weighted by molar-refractivity contribution is 0.465. The van der Waals surface area contributed by atoms with Crippen molar-refractivity contribution in [2.75, 3.05) is 0 Å². The Labute approximate surface area is 79.0 Å². The molecule has 0 aliphatic carbocycles. The molecule has 0 aliphatic heterocycles. The zero-order chi connectivity index (χ0) is 10.3. The zero-order valence-corrected chi connectivity index (χ0v) is 7.49. The second kappa shape index (κ2) is 2.83. The van der Waals surface area contributed by atoms with Crippen molar-refractivity contribution in [3.63, 3.8) is 0 Å². The Morgan fingerprint density at radius 1 is 1.43 bits per heavy atom. The van der Waals surface area contributed by atoms with Gasteiger partial charge in [0.1, 0.15) is 5.82 Å². The standard InChI is InChI=1S/C10H8FNO2/c1-12-5-8(13)10(14)6-3-2-4-7(11)9(6)12/h2-5,13H,1H3. The van der Waals surface area contributed by atoms with E-state index >= 15 is 0 Å². The molecule has 0 amide bonds. The molecule has 0 fully saturated rings. The van der Waals surface area contributed by atoms with Crippen LogP contribution in [0.1, 0.15) is 0 Å². The van der Waals surface area contributed by atoms with Crippen LogP contribution >= 0.6 is 0 Å². The summed E-state index contributed by atoms with van der Waals surface area (Å²) in [6.07, 6.45) is 1.20. The number of aromatic hydroxyl groups is 1. The third-order valence-electron chi connectivity index (χ3n) is 2.13. The Hall–Kier alpha value is -1.84. The number of fused-ring (bicyclic) bond motifs is 1. The number of aromatic nitrogens is 1. The van der Waals surface area contributed by atoms with Crippen molar-refractivity contribution in [2.45, 2.75) is 0 Å². The fraction of sp³-hybridized carbons (Fsp3) is 0.100. The molecule has 2 aromatic rings. The summed E-state index contributed by atoms with van der Waals surface area (Å²) in [4.78, 5) is 11.4. The molecular weight excluding hydrogens is 185 g/mol. The first-order chi connectivity index (χ1) is 6.61. The summed E-state index contributed by atoms with van der Waals surface area (Å²) in [6, 6.07) is 4.21. The minimum Gasteiger partial charge on any atom is -0.503 e. The number of pyridine rings is 1. The van der Waals surface area contributed by atoms with Gasteiger partial charge in [-0.1, -0.05) is 6.07 Å². The van der Waals surface area contributed by atoms with Gasteiger partial charge in [0.15, 0.2) is 5.75 Å². The SMILES string of the molecule is Cn1cc(O)c(=O)c2cccc(F)c21. The van der Waals surface area contributed by atoms with Gasteiger partial charge in [0.25, 0.3) is 0 Å². The highest BCUT2D eigenvalue weighted by molar-refractivity contribution is 5.80. The highest BCUT2D eigenvalue weighted by atomic mass is 19.1. The number of hydrogen-bond donors (Lipinski definition) is 1. The van der Waals surface area contributed by atoms with E-state index in [0.717, 1.165) is 0 Å². The Morgan fingerprint density at radius 2 is 2.14 bits per heavy atom. The smallest absolute Gasteiger partial charge is 0.231 e. The van der Waals surface area contributed by atoms with Crippen molar-refractivity contribution >= 4 is 10.9 Å². The quantitative estimate of drug-likeness (QED) is 0.686. The van der Waals surface area contributed by atoms with Crippen molar-refractivity contribution in [3.05, 3.63) is 40.4 Å². The Bertz CT molecular complexity index is 560. The number of rotatable bonds is 0. The molecule has 3 nitrogen and oxygen atoms in total. The Balaban J connectivity index is 3.10. The van der Waals surface area contributed by atoms with Crippen LogP contribution in [-0.4, -0.2) is 9.67 Å². The molecule has 4 heteroatoms. The lowest BCUT2D eigenvalue weighted by atomic mass is 10.2. The van der Waals surface area contributed by atoms with Gasteiger partial charge in [0.05, 0.1) is 17.1 Å². The molecule has 1 heterocycles. The molecule has 0 saturated heterocycles. The van der Waals surface area contributed by atoms with Crippen molar-refractivity contribution in [2.24, 2.45) is 7.05 Å². The Kier molecular flexibility index (Phi) is 1.77. The van der Waals surface area contributed by atoms with Gasteiger partial charge in [0, 0.05) is 7.05 Å². The maximum Gasteiger partial charge on any atom is 0.231 e. The molecule has 0 atom stereocenters. The van der Waals surface area contributed by atoms with E-state index < -0.39 is 11.2 Å². The van der Waals surface area contributed by atoms with Crippen molar-refractivity contribution in [3.8, 4) is 5.75 Å². The van der Waals surface area contributed by atoms with Crippen molar-refractivity contribution in [1.29, 1.82) is 0 Å². The van der Waals surface area contributed by atoms with Crippen LogP contribution in [0.2, 0.25) is 0 Å². The average Bonchev–Trinajstić information content (AvgIpc) is 2.14. The van der Waals surface area contributed by atoms with Gasteiger partial charge in [-0.3, -0.25) is 4.79 Å². The van der Waals surface area contributed by atoms with Gasteiger partial charge in [-0.25, -0.2) is 4.39 Å². The lowest BCUT2D eigenvalue weighted by Gasteiger charge is -2.06. The maximum absolute atomic E-state index is 13.3. The number of aryl methyl sites for hydroxylation is 1. The van der Waals surface area contributed by atoms with E-state index in [4.69, 9.17) is 0 Å². The summed E-state index contributed by atoms with van der Waals surface area (Å²) >= 11 is 0. The molecule has 0 aliphatic rings. The van der Waals surface area contributed by atoms with Gasteiger partial charge < -0.3 is 9.67 Å². The molecule has 1 aromatic heterocycles. The van der Waals surface area contributed by atoms with Crippen molar-refractivity contribution < 1.29 is 9.50 Å². The fourth-order valence-electron chi connectivity index (χ4n) is 1.50. The molecule has 0 spiro atoms. The second-order valence-corrected chi connectivity index (χ2v) is 3.09. The van der Waals surface area contributed by atoms with E-state index in [0.29, 0.717) is 0 Å². The number of para-hydroxylation sites is 1. The van der Waals surface area contributed by atoms with Crippen LogP contribution in [0.5, 0.6) is 5.75 Å². The minimum absolute atomic E-state index is 0.188. The van der Waals surface area contributed by atoms with Crippen LogP contribution in [0, 0.1) is 5.82 Å². The van der Waals surface area contributed by atoms with Crippen LogP contribution < -0.4 is 5.43 Å². The lowest BCUT2D eigenvalue weighted by Crippen LogP contribution is -2.07. The Morgan fingerprint density at radius 3 is 2.86 bits per heavy atom. The van der Waals surface area contributed by atoms with E-state index in [1.165, 1.54) is 29.0 Å². The number of hydrogen-bond acceptors (Lipinski definition) is 2. The highest BCUT2D eigenvalue weighted by Gasteiger charge is 2.08. The zero-order valence-electron chi connectivity index (χ0n) is 7.49. The summed E-state index contributed by atoms with van der Waals surface area (Å²) < 4.78 is 14.7. The molecule has 1 aromatic carbocycles. The van der Waals surface area contributed by atoms with Gasteiger partial charge >= 0.3 is 0 Å². The fourth-order valence-corrected chi connectivity index (χ4v) is 1.50. The number of nitrogens with zero attached hydrogens (tertiary/aromatic N) is 1. The topological polar surface area (TPSA) is 42.2 Å². The first kappa shape index (κ1) is 8.74. The summed E-state index contributed by atoms with van der Waals surface area (Å²) in [5.74, 6) is -0.840. The van der Waals surface area contributed by atoms with Crippen molar-refractivity contribution in [1.82, 2.24) is 4.57 Å². The van der Waals surface area contributed by atoms with Crippen LogP contribution in [0.25, 0.3) is 10.9 Å². The third-order valence-corrected chi connectivity index (χ3v) is 2.13. The van der Waals surface area contributed by atoms with Crippen LogP contribution in [-0.2, 0) is 7.05 Å². The van der Waals surface area contributed by atoms with E-state index in [2.05, 4.69) is 0 Å². The first-order valence-corrected chi connectivity index (χ1v) is 4.08. The summed E-state index contributed by atoms with van der Waals surface area (Å²) in [6.45, 7) is 0. The van der Waals surface area contributed by atoms with Crippen LogP contribution in [0.3, 0.4) is 0 Å². The predicted octanol–water partition coefficient (Wildman–Crippen LogP) is 1.38. The minimum atomic E-state index is -0.544. The molecular formula is C10H8FNO2. The maximum atomic E-state index is 13.3. The van der Waals surface area contributed by atoms with E-state index in [-0.39, 0.29) is 16.7 Å². The van der Waals surface area contributed by atoms with Gasteiger partial charge in [0.2, 0.25) is 5.43 Å². The third kappa shape index (κ3) is 1.08. The molecule has 2 rings (SSSR count). The molecule has 0 saturated carbocycles. The largest absolute Gasteiger partial charge is 0.503 e. The number of benzene rings is 1. The summed E-state index contributed by atoms with van der Waals surface area (Å²) in [5.41, 5.74) is -0.340. The molecule has 0 radical (unpaired) electrons. The number of halogens is 1. The second-order valence-electron chi connectivity index (χ2n) is 3.09. The van der Waals surface area contributed by atoms with Crippen LogP contribution in [0.15, 0.2) is 29.2 Å². The van der Waals surface area contributed by atoms with Gasteiger partial charge in [-0.2, -0.15) is 0 Å². The summed E-state index contributed by atoms with van der Waals surface area (Å²) in [5, 5.41) is 9.42. The average molecular weight is 193 g/mol. The molecule has 72 valence electrons. The van der Waals surface area contributed by atoms with E-state index in [1.807, 2.05) is 0 Å². The van der Waals surface area contributed by atoms with Gasteiger partial charge in [-0.05, 0) is 12.1 Å².